The van der Waals surface area contributed by atoms with Gasteiger partial charge in [0, 0.05) is 17.5 Å². The molecule has 21 heavy (non-hydrogen) atoms. The number of carbonyl (C=O) groups is 2. The van der Waals surface area contributed by atoms with E-state index in [2.05, 4.69) is 13.2 Å². The summed E-state index contributed by atoms with van der Waals surface area (Å²) in [5.41, 5.74) is 0.827. The highest BCUT2D eigenvalue weighted by molar-refractivity contribution is 5.94. The van der Waals surface area contributed by atoms with Gasteiger partial charge in [-0.3, -0.25) is 0 Å². The Morgan fingerprint density at radius 1 is 1.00 bits per heavy atom. The molecule has 4 nitrogen and oxygen atoms in total. The van der Waals surface area contributed by atoms with Gasteiger partial charge in [-0.25, -0.2) is 9.59 Å². The van der Waals surface area contributed by atoms with Gasteiger partial charge < -0.3 is 9.47 Å². The van der Waals surface area contributed by atoms with E-state index >= 15 is 0 Å². The number of carbonyl (C=O) groups excluding carboxylic acids is 2. The molecular formula is C17H14O4. The molecule has 0 spiro atoms. The van der Waals surface area contributed by atoms with E-state index in [9.17, 15) is 9.59 Å². The van der Waals surface area contributed by atoms with Crippen LogP contribution >= 0.6 is 0 Å². The molecule has 0 saturated carbocycles. The van der Waals surface area contributed by atoms with Crippen LogP contribution in [0.15, 0.2) is 55.6 Å². The highest BCUT2D eigenvalue weighted by atomic mass is 16.5. The molecule has 106 valence electrons. The topological polar surface area (TPSA) is 52.6 Å². The maximum Gasteiger partial charge on any atom is 0.335 e. The zero-order valence-electron chi connectivity index (χ0n) is 11.6. The lowest BCUT2D eigenvalue weighted by Gasteiger charge is -2.10. The van der Waals surface area contributed by atoms with Crippen molar-refractivity contribution in [3.8, 4) is 11.5 Å². The smallest absolute Gasteiger partial charge is 0.335 e. The number of benzene rings is 2. The lowest BCUT2D eigenvalue weighted by atomic mass is 10.1. The summed E-state index contributed by atoms with van der Waals surface area (Å²) in [6.45, 7) is 8.57. The Labute approximate surface area is 122 Å². The number of hydrogen-bond acceptors (Lipinski definition) is 4. The van der Waals surface area contributed by atoms with Crippen molar-refractivity contribution < 1.29 is 19.1 Å². The van der Waals surface area contributed by atoms with E-state index in [0.29, 0.717) is 11.5 Å². The second-order valence-corrected chi connectivity index (χ2v) is 4.34. The van der Waals surface area contributed by atoms with Gasteiger partial charge in [0.2, 0.25) is 0 Å². The summed E-state index contributed by atoms with van der Waals surface area (Å²) >= 11 is 0. The van der Waals surface area contributed by atoms with Crippen LogP contribution in [-0.2, 0) is 9.59 Å². The van der Waals surface area contributed by atoms with Crippen molar-refractivity contribution in [1.29, 1.82) is 0 Å². The first kappa shape index (κ1) is 14.5. The predicted molar refractivity (Wildman–Crippen MR) is 80.3 cm³/mol. The average molecular weight is 282 g/mol. The molecule has 2 rings (SSSR count). The van der Waals surface area contributed by atoms with E-state index in [1.807, 2.05) is 19.1 Å². The summed E-state index contributed by atoms with van der Waals surface area (Å²) in [6, 6.07) is 8.75. The van der Waals surface area contributed by atoms with Crippen molar-refractivity contribution in [1.82, 2.24) is 0 Å². The number of rotatable bonds is 4. The molecule has 0 atom stereocenters. The van der Waals surface area contributed by atoms with Crippen LogP contribution in [0.5, 0.6) is 11.5 Å². The molecule has 0 N–H and O–H groups in total. The molecule has 0 aromatic heterocycles. The first-order valence-electron chi connectivity index (χ1n) is 6.27. The normalized spacial score (nSPS) is 9.95. The van der Waals surface area contributed by atoms with Gasteiger partial charge in [-0.2, -0.15) is 0 Å². The van der Waals surface area contributed by atoms with Gasteiger partial charge in [-0.1, -0.05) is 25.3 Å². The Morgan fingerprint density at radius 3 is 2.33 bits per heavy atom. The molecule has 0 heterocycles. The van der Waals surface area contributed by atoms with Crippen molar-refractivity contribution in [2.24, 2.45) is 0 Å². The van der Waals surface area contributed by atoms with Gasteiger partial charge >= 0.3 is 11.9 Å². The second kappa shape index (κ2) is 6.05. The predicted octanol–water partition coefficient (Wildman–Crippen LogP) is 3.33. The second-order valence-electron chi connectivity index (χ2n) is 4.34. The Balaban J connectivity index is 2.48. The minimum atomic E-state index is -0.528. The van der Waals surface area contributed by atoms with Crippen molar-refractivity contribution in [3.63, 3.8) is 0 Å². The van der Waals surface area contributed by atoms with Crippen LogP contribution in [0.3, 0.4) is 0 Å². The molecule has 0 radical (unpaired) electrons. The first-order chi connectivity index (χ1) is 10.0. The van der Waals surface area contributed by atoms with Crippen LogP contribution in [-0.4, -0.2) is 11.9 Å². The van der Waals surface area contributed by atoms with Gasteiger partial charge in [0.15, 0.2) is 0 Å². The third-order valence-electron chi connectivity index (χ3n) is 2.89. The number of fused-ring (bicyclic) bond motifs is 1. The van der Waals surface area contributed by atoms with E-state index < -0.39 is 11.9 Å². The number of ether oxygens (including phenoxy) is 2. The van der Waals surface area contributed by atoms with Gasteiger partial charge in [0.05, 0.1) is 0 Å². The van der Waals surface area contributed by atoms with Crippen LogP contribution in [0, 0.1) is 6.92 Å². The number of aryl methyl sites for hydroxylation is 1. The van der Waals surface area contributed by atoms with Crippen LogP contribution in [0.2, 0.25) is 0 Å². The number of esters is 2. The maximum absolute atomic E-state index is 11.4. The van der Waals surface area contributed by atoms with E-state index in [1.165, 1.54) is 0 Å². The largest absolute Gasteiger partial charge is 0.423 e. The van der Waals surface area contributed by atoms with Gasteiger partial charge in [-0.15, -0.1) is 0 Å². The Kier molecular flexibility index (Phi) is 4.18. The summed E-state index contributed by atoms with van der Waals surface area (Å²) in [7, 11) is 0. The molecule has 2 aromatic rings. The molecule has 0 aliphatic heterocycles. The van der Waals surface area contributed by atoms with E-state index in [0.717, 1.165) is 28.5 Å². The monoisotopic (exact) mass is 282 g/mol. The minimum absolute atomic E-state index is 0.400. The number of hydrogen-bond donors (Lipinski definition) is 0. The molecule has 4 heteroatoms. The van der Waals surface area contributed by atoms with Gasteiger partial charge in [-0.05, 0) is 36.1 Å². The summed E-state index contributed by atoms with van der Waals surface area (Å²) in [5, 5.41) is 1.55. The van der Waals surface area contributed by atoms with Gasteiger partial charge in [0.1, 0.15) is 11.5 Å². The van der Waals surface area contributed by atoms with Crippen LogP contribution in [0.25, 0.3) is 10.8 Å². The van der Waals surface area contributed by atoms with Crippen LogP contribution in [0.4, 0.5) is 0 Å². The molecule has 0 aliphatic rings. The molecule has 0 fully saturated rings. The SMILES string of the molecule is C=CC(=O)Oc1ccc2c(OC(=O)C=C)c(C)ccc2c1. The fraction of sp³-hybridized carbons (Fsp3) is 0.0588. The molecule has 0 amide bonds. The molecule has 2 aromatic carbocycles. The third kappa shape index (κ3) is 3.17. The molecule has 0 saturated heterocycles. The maximum atomic E-state index is 11.4. The quantitative estimate of drug-likeness (QED) is 0.490. The third-order valence-corrected chi connectivity index (χ3v) is 2.89. The van der Waals surface area contributed by atoms with Crippen molar-refractivity contribution in [2.75, 3.05) is 0 Å². The fourth-order valence-corrected chi connectivity index (χ4v) is 1.89. The summed E-state index contributed by atoms with van der Waals surface area (Å²) in [6.07, 6.45) is 2.20. The average Bonchev–Trinajstić information content (AvgIpc) is 2.49. The lowest BCUT2D eigenvalue weighted by Crippen LogP contribution is -2.05. The minimum Gasteiger partial charge on any atom is -0.423 e. The van der Waals surface area contributed by atoms with Crippen molar-refractivity contribution in [3.05, 3.63) is 61.2 Å². The summed E-state index contributed by atoms with van der Waals surface area (Å²) in [5.74, 6) is -0.177. The molecule has 0 aliphatic carbocycles. The van der Waals surface area contributed by atoms with Crippen molar-refractivity contribution >= 4 is 22.7 Å². The van der Waals surface area contributed by atoms with Gasteiger partial charge in [0.25, 0.3) is 0 Å². The first-order valence-corrected chi connectivity index (χ1v) is 6.27. The zero-order chi connectivity index (χ0) is 15.4. The van der Waals surface area contributed by atoms with Crippen molar-refractivity contribution in [2.45, 2.75) is 6.92 Å². The molecule has 0 unspecified atom stereocenters. The highest BCUT2D eigenvalue weighted by Gasteiger charge is 2.10. The van der Waals surface area contributed by atoms with Crippen LogP contribution in [0.1, 0.15) is 5.56 Å². The lowest BCUT2D eigenvalue weighted by molar-refractivity contribution is -0.129. The van der Waals surface area contributed by atoms with E-state index in [4.69, 9.17) is 9.47 Å². The standard InChI is InChI=1S/C17H14O4/c1-4-15(18)20-13-8-9-14-12(10-13)7-6-11(3)17(14)21-16(19)5-2/h4-10H,1-2H2,3H3. The Hall–Kier alpha value is -2.88. The fourth-order valence-electron chi connectivity index (χ4n) is 1.89. The summed E-state index contributed by atoms with van der Waals surface area (Å²) in [4.78, 5) is 22.6. The molecule has 0 bridgehead atoms. The van der Waals surface area contributed by atoms with Crippen LogP contribution < -0.4 is 9.47 Å². The highest BCUT2D eigenvalue weighted by Crippen LogP contribution is 2.32. The molecular weight excluding hydrogens is 268 g/mol. The Bertz CT molecular complexity index is 744. The van der Waals surface area contributed by atoms with E-state index in [-0.39, 0.29) is 0 Å². The zero-order valence-corrected chi connectivity index (χ0v) is 11.6. The Morgan fingerprint density at radius 2 is 1.67 bits per heavy atom. The van der Waals surface area contributed by atoms with E-state index in [1.54, 1.807) is 18.2 Å². The summed E-state index contributed by atoms with van der Waals surface area (Å²) < 4.78 is 10.3.